The number of aromatic nitrogens is 4. The molecule has 106 valence electrons. The van der Waals surface area contributed by atoms with Crippen molar-refractivity contribution in [3.8, 4) is 0 Å². The standard InChI is InChI=1S/C15H15N5O/c1-3-11-6-4-5-7-12(11)17-14(21)13-18-15-16-9-8-10(2)20(15)19-13/h4-9H,3H2,1-2H3,(H,17,21). The van der Waals surface area contributed by atoms with Gasteiger partial charge in [-0.3, -0.25) is 4.79 Å². The molecule has 0 fully saturated rings. The first-order chi connectivity index (χ1) is 10.2. The topological polar surface area (TPSA) is 72.2 Å². The summed E-state index contributed by atoms with van der Waals surface area (Å²) in [7, 11) is 0. The maximum absolute atomic E-state index is 12.3. The molecule has 0 saturated carbocycles. The maximum atomic E-state index is 12.3. The van der Waals surface area contributed by atoms with Gasteiger partial charge in [-0.25, -0.2) is 9.50 Å². The highest BCUT2D eigenvalue weighted by Gasteiger charge is 2.15. The van der Waals surface area contributed by atoms with Crippen LogP contribution in [0.2, 0.25) is 0 Å². The lowest BCUT2D eigenvalue weighted by molar-refractivity contribution is 0.101. The molecule has 2 aromatic heterocycles. The Balaban J connectivity index is 1.92. The summed E-state index contributed by atoms with van der Waals surface area (Å²) in [4.78, 5) is 20.5. The molecule has 0 radical (unpaired) electrons. The number of aryl methyl sites for hydroxylation is 2. The van der Waals surface area contributed by atoms with Crippen LogP contribution in [0.25, 0.3) is 5.78 Å². The van der Waals surface area contributed by atoms with Crippen molar-refractivity contribution < 1.29 is 4.79 Å². The number of para-hydroxylation sites is 1. The van der Waals surface area contributed by atoms with Gasteiger partial charge in [0, 0.05) is 17.6 Å². The molecule has 1 aromatic carbocycles. The van der Waals surface area contributed by atoms with E-state index in [9.17, 15) is 4.79 Å². The van der Waals surface area contributed by atoms with Gasteiger partial charge in [-0.15, -0.1) is 5.10 Å². The Morgan fingerprint density at radius 2 is 2.10 bits per heavy atom. The van der Waals surface area contributed by atoms with Crippen molar-refractivity contribution in [1.82, 2.24) is 19.6 Å². The first kappa shape index (κ1) is 13.2. The molecule has 3 rings (SSSR count). The molecule has 0 aliphatic carbocycles. The zero-order valence-electron chi connectivity index (χ0n) is 11.9. The summed E-state index contributed by atoms with van der Waals surface area (Å²) in [6.45, 7) is 3.93. The monoisotopic (exact) mass is 281 g/mol. The molecular formula is C15H15N5O. The fourth-order valence-electron chi connectivity index (χ4n) is 2.13. The van der Waals surface area contributed by atoms with Crippen LogP contribution in [-0.2, 0) is 6.42 Å². The summed E-state index contributed by atoms with van der Waals surface area (Å²) in [5.74, 6) is 0.201. The van der Waals surface area contributed by atoms with Gasteiger partial charge in [-0.2, -0.15) is 4.98 Å². The van der Waals surface area contributed by atoms with Crippen molar-refractivity contribution in [3.63, 3.8) is 0 Å². The Morgan fingerprint density at radius 1 is 1.29 bits per heavy atom. The molecular weight excluding hydrogens is 266 g/mol. The number of carbonyl (C=O) groups excluding carboxylic acids is 1. The van der Waals surface area contributed by atoms with Crippen LogP contribution in [0.4, 0.5) is 5.69 Å². The number of anilines is 1. The van der Waals surface area contributed by atoms with E-state index >= 15 is 0 Å². The number of nitrogens with zero attached hydrogens (tertiary/aromatic N) is 4. The molecule has 0 aliphatic heterocycles. The molecule has 0 atom stereocenters. The smallest absolute Gasteiger partial charge is 0.295 e. The van der Waals surface area contributed by atoms with E-state index in [2.05, 4.69) is 20.4 Å². The molecule has 0 saturated heterocycles. The second kappa shape index (κ2) is 5.32. The van der Waals surface area contributed by atoms with Crippen molar-refractivity contribution in [2.45, 2.75) is 20.3 Å². The number of hydrogen-bond acceptors (Lipinski definition) is 4. The van der Waals surface area contributed by atoms with Crippen molar-refractivity contribution in [2.24, 2.45) is 0 Å². The van der Waals surface area contributed by atoms with Crippen LogP contribution in [0.5, 0.6) is 0 Å². The minimum Gasteiger partial charge on any atom is -0.319 e. The summed E-state index contributed by atoms with van der Waals surface area (Å²) in [5.41, 5.74) is 2.73. The van der Waals surface area contributed by atoms with Gasteiger partial charge in [-0.05, 0) is 31.0 Å². The van der Waals surface area contributed by atoms with E-state index in [0.717, 1.165) is 23.4 Å². The average Bonchev–Trinajstić information content (AvgIpc) is 2.93. The molecule has 6 nitrogen and oxygen atoms in total. The molecule has 0 unspecified atom stereocenters. The van der Waals surface area contributed by atoms with E-state index in [4.69, 9.17) is 0 Å². The first-order valence-corrected chi connectivity index (χ1v) is 6.76. The van der Waals surface area contributed by atoms with Crippen LogP contribution >= 0.6 is 0 Å². The molecule has 21 heavy (non-hydrogen) atoms. The lowest BCUT2D eigenvalue weighted by Crippen LogP contribution is -2.15. The quantitative estimate of drug-likeness (QED) is 0.799. The van der Waals surface area contributed by atoms with Gasteiger partial charge in [0.05, 0.1) is 0 Å². The van der Waals surface area contributed by atoms with Gasteiger partial charge in [-0.1, -0.05) is 25.1 Å². The lowest BCUT2D eigenvalue weighted by atomic mass is 10.1. The summed E-state index contributed by atoms with van der Waals surface area (Å²) < 4.78 is 1.56. The largest absolute Gasteiger partial charge is 0.319 e. The van der Waals surface area contributed by atoms with Crippen molar-refractivity contribution in [1.29, 1.82) is 0 Å². The van der Waals surface area contributed by atoms with Crippen LogP contribution < -0.4 is 5.32 Å². The number of amides is 1. The third-order valence-electron chi connectivity index (χ3n) is 3.28. The van der Waals surface area contributed by atoms with Crippen LogP contribution in [0.1, 0.15) is 28.8 Å². The van der Waals surface area contributed by atoms with Crippen LogP contribution in [-0.4, -0.2) is 25.5 Å². The van der Waals surface area contributed by atoms with E-state index < -0.39 is 0 Å². The Hall–Kier alpha value is -2.76. The number of nitrogens with one attached hydrogen (secondary N) is 1. The van der Waals surface area contributed by atoms with Gasteiger partial charge >= 0.3 is 0 Å². The van der Waals surface area contributed by atoms with Crippen molar-refractivity contribution in [3.05, 3.63) is 53.6 Å². The normalized spacial score (nSPS) is 10.8. The fourth-order valence-corrected chi connectivity index (χ4v) is 2.13. The van der Waals surface area contributed by atoms with Crippen molar-refractivity contribution >= 4 is 17.4 Å². The minimum absolute atomic E-state index is 0.114. The number of fused-ring (bicyclic) bond motifs is 1. The molecule has 1 amide bonds. The van der Waals surface area contributed by atoms with E-state index in [1.54, 1.807) is 10.7 Å². The first-order valence-electron chi connectivity index (χ1n) is 6.76. The predicted molar refractivity (Wildman–Crippen MR) is 79.3 cm³/mol. The summed E-state index contributed by atoms with van der Waals surface area (Å²) in [6, 6.07) is 9.51. The highest BCUT2D eigenvalue weighted by atomic mass is 16.2. The molecule has 0 aliphatic rings. The van der Waals surface area contributed by atoms with E-state index in [0.29, 0.717) is 5.78 Å². The average molecular weight is 281 g/mol. The zero-order valence-corrected chi connectivity index (χ0v) is 11.9. The Labute approximate surface area is 121 Å². The van der Waals surface area contributed by atoms with Gasteiger partial charge in [0.25, 0.3) is 11.7 Å². The molecule has 3 aromatic rings. The predicted octanol–water partition coefficient (Wildman–Crippen LogP) is 2.25. The second-order valence-electron chi connectivity index (χ2n) is 4.70. The lowest BCUT2D eigenvalue weighted by Gasteiger charge is -2.07. The molecule has 6 heteroatoms. The molecule has 2 heterocycles. The Bertz CT molecular complexity index is 809. The number of rotatable bonds is 3. The van der Waals surface area contributed by atoms with Gasteiger partial charge in [0.15, 0.2) is 0 Å². The summed E-state index contributed by atoms with van der Waals surface area (Å²) >= 11 is 0. The highest BCUT2D eigenvalue weighted by Crippen LogP contribution is 2.16. The number of carbonyl (C=O) groups is 1. The van der Waals surface area contributed by atoms with E-state index in [1.807, 2.05) is 44.2 Å². The van der Waals surface area contributed by atoms with Gasteiger partial charge < -0.3 is 5.32 Å². The summed E-state index contributed by atoms with van der Waals surface area (Å²) in [5, 5.41) is 7.05. The third-order valence-corrected chi connectivity index (χ3v) is 3.28. The molecule has 0 bridgehead atoms. The maximum Gasteiger partial charge on any atom is 0.295 e. The van der Waals surface area contributed by atoms with Gasteiger partial charge in [0.2, 0.25) is 5.82 Å². The van der Waals surface area contributed by atoms with Crippen molar-refractivity contribution in [2.75, 3.05) is 5.32 Å². The molecule has 0 spiro atoms. The third kappa shape index (κ3) is 2.47. The van der Waals surface area contributed by atoms with Crippen LogP contribution in [0.3, 0.4) is 0 Å². The number of hydrogen-bond donors (Lipinski definition) is 1. The SMILES string of the molecule is CCc1ccccc1NC(=O)c1nc2nccc(C)n2n1. The van der Waals surface area contributed by atoms with Crippen LogP contribution in [0.15, 0.2) is 36.5 Å². The number of benzene rings is 1. The summed E-state index contributed by atoms with van der Waals surface area (Å²) in [6.07, 6.45) is 2.49. The minimum atomic E-state index is -0.333. The van der Waals surface area contributed by atoms with Gasteiger partial charge in [0.1, 0.15) is 0 Å². The van der Waals surface area contributed by atoms with Crippen LogP contribution in [0, 0.1) is 6.92 Å². The Kier molecular flexibility index (Phi) is 3.35. The van der Waals surface area contributed by atoms with E-state index in [1.165, 1.54) is 0 Å². The van der Waals surface area contributed by atoms with E-state index in [-0.39, 0.29) is 11.7 Å². The molecule has 1 N–H and O–H groups in total. The Morgan fingerprint density at radius 3 is 2.86 bits per heavy atom. The highest BCUT2D eigenvalue weighted by molar-refractivity contribution is 6.02. The fraction of sp³-hybridized carbons (Fsp3) is 0.200. The second-order valence-corrected chi connectivity index (χ2v) is 4.70. The zero-order chi connectivity index (χ0) is 14.8.